The monoisotopic (exact) mass is 436 g/mol. The topological polar surface area (TPSA) is 142 Å². The number of carboxylic acids is 1. The summed E-state index contributed by atoms with van der Waals surface area (Å²) in [6, 6.07) is 5.76. The quantitative estimate of drug-likeness (QED) is 0.332. The Kier molecular flexibility index (Phi) is 8.67. The number of thiol groups is 1. The Morgan fingerprint density at radius 2 is 1.90 bits per heavy atom. The molecule has 0 saturated carbocycles. The normalized spacial score (nSPS) is 18.9. The lowest BCUT2D eigenvalue weighted by molar-refractivity contribution is -0.142. The van der Waals surface area contributed by atoms with Gasteiger partial charge in [0.25, 0.3) is 0 Å². The molecule has 1 aromatic rings. The van der Waals surface area contributed by atoms with Gasteiger partial charge < -0.3 is 26.4 Å². The molecule has 1 heterocycles. The number of carbonyl (C=O) groups excluding carboxylic acids is 3. The number of amides is 3. The van der Waals surface area contributed by atoms with E-state index in [-0.39, 0.29) is 11.7 Å². The molecular weight excluding hydrogens is 408 g/mol. The fourth-order valence-corrected chi connectivity index (χ4v) is 3.57. The van der Waals surface area contributed by atoms with Crippen molar-refractivity contribution in [2.75, 3.05) is 12.3 Å². The number of hydrogen-bond donors (Lipinski definition) is 5. The van der Waals surface area contributed by atoms with E-state index in [1.165, 1.54) is 11.8 Å². The molecule has 0 spiro atoms. The molecule has 2 rings (SSSR count). The highest BCUT2D eigenvalue weighted by molar-refractivity contribution is 7.80. The van der Waals surface area contributed by atoms with E-state index in [2.05, 4.69) is 23.3 Å². The molecule has 1 aromatic carbocycles. The van der Waals surface area contributed by atoms with E-state index in [0.717, 1.165) is 5.56 Å². The number of carbonyl (C=O) groups is 4. The molecule has 0 bridgehead atoms. The largest absolute Gasteiger partial charge is 0.480 e. The first-order valence-corrected chi connectivity index (χ1v) is 10.4. The van der Waals surface area contributed by atoms with Crippen molar-refractivity contribution in [2.24, 2.45) is 5.73 Å². The van der Waals surface area contributed by atoms with Crippen molar-refractivity contribution in [1.29, 1.82) is 0 Å². The molecule has 30 heavy (non-hydrogen) atoms. The van der Waals surface area contributed by atoms with Crippen molar-refractivity contribution in [1.82, 2.24) is 15.5 Å². The standard InChI is InChI=1S/C20H28N4O5S/c1-12(20(28)29)22-17(25)15(11-30)23-18(26)16-8-5-9-24(16)19(27)14(21)10-13-6-3-2-4-7-13/h2-4,6-7,12,14-16,30H,5,8-11,21H2,1H3,(H,22,25)(H,23,26)(H,28,29). The van der Waals surface area contributed by atoms with Crippen LogP contribution in [0.4, 0.5) is 0 Å². The molecule has 3 amide bonds. The lowest BCUT2D eigenvalue weighted by Gasteiger charge is -2.28. The summed E-state index contributed by atoms with van der Waals surface area (Å²) < 4.78 is 0. The fraction of sp³-hybridized carbons (Fsp3) is 0.500. The SMILES string of the molecule is CC(NC(=O)C(CS)NC(=O)C1CCCN1C(=O)C(N)Cc1ccccc1)C(=O)O. The van der Waals surface area contributed by atoms with Gasteiger partial charge in [-0.25, -0.2) is 0 Å². The summed E-state index contributed by atoms with van der Waals surface area (Å²) in [4.78, 5) is 50.2. The predicted molar refractivity (Wildman–Crippen MR) is 114 cm³/mol. The highest BCUT2D eigenvalue weighted by atomic mass is 32.1. The van der Waals surface area contributed by atoms with Crippen LogP contribution in [0.1, 0.15) is 25.3 Å². The number of nitrogens with two attached hydrogens (primary N) is 1. The van der Waals surface area contributed by atoms with Gasteiger partial charge in [-0.3, -0.25) is 19.2 Å². The van der Waals surface area contributed by atoms with E-state index in [1.807, 2.05) is 30.3 Å². The molecular formula is C20H28N4O5S. The predicted octanol–water partition coefficient (Wildman–Crippen LogP) is -0.449. The molecule has 9 nitrogen and oxygen atoms in total. The second-order valence-electron chi connectivity index (χ2n) is 7.30. The van der Waals surface area contributed by atoms with Crippen molar-refractivity contribution in [3.8, 4) is 0 Å². The Morgan fingerprint density at radius 1 is 1.23 bits per heavy atom. The number of benzene rings is 1. The number of nitrogens with zero attached hydrogens (tertiary/aromatic N) is 1. The summed E-state index contributed by atoms with van der Waals surface area (Å²) in [6.07, 6.45) is 1.47. The molecule has 5 N–H and O–H groups in total. The first-order valence-electron chi connectivity index (χ1n) is 9.79. The van der Waals surface area contributed by atoms with Gasteiger partial charge in [0.2, 0.25) is 17.7 Å². The average molecular weight is 437 g/mol. The van der Waals surface area contributed by atoms with Crippen molar-refractivity contribution >= 4 is 36.3 Å². The molecule has 10 heteroatoms. The number of aliphatic carboxylic acids is 1. The first-order chi connectivity index (χ1) is 14.2. The third-order valence-corrected chi connectivity index (χ3v) is 5.36. The highest BCUT2D eigenvalue weighted by Gasteiger charge is 2.37. The lowest BCUT2D eigenvalue weighted by Crippen LogP contribution is -2.57. The van der Waals surface area contributed by atoms with E-state index >= 15 is 0 Å². The van der Waals surface area contributed by atoms with Gasteiger partial charge in [0, 0.05) is 12.3 Å². The van der Waals surface area contributed by atoms with Crippen LogP contribution >= 0.6 is 12.6 Å². The summed E-state index contributed by atoms with van der Waals surface area (Å²) >= 11 is 4.07. The summed E-state index contributed by atoms with van der Waals surface area (Å²) in [6.45, 7) is 1.73. The van der Waals surface area contributed by atoms with Gasteiger partial charge in [-0.1, -0.05) is 30.3 Å². The maximum Gasteiger partial charge on any atom is 0.325 e. The second kappa shape index (κ2) is 11.0. The van der Waals surface area contributed by atoms with Crippen LogP contribution in [-0.4, -0.2) is 70.2 Å². The smallest absolute Gasteiger partial charge is 0.325 e. The molecule has 164 valence electrons. The zero-order chi connectivity index (χ0) is 22.3. The molecule has 1 fully saturated rings. The van der Waals surface area contributed by atoms with Crippen LogP contribution in [-0.2, 0) is 25.6 Å². The van der Waals surface area contributed by atoms with E-state index in [4.69, 9.17) is 10.8 Å². The van der Waals surface area contributed by atoms with Crippen molar-refractivity contribution in [3.05, 3.63) is 35.9 Å². The van der Waals surface area contributed by atoms with Crippen LogP contribution < -0.4 is 16.4 Å². The molecule has 0 radical (unpaired) electrons. The third-order valence-electron chi connectivity index (χ3n) is 5.00. The van der Waals surface area contributed by atoms with E-state index in [0.29, 0.717) is 25.8 Å². The van der Waals surface area contributed by atoms with Gasteiger partial charge in [-0.15, -0.1) is 0 Å². The summed E-state index contributed by atoms with van der Waals surface area (Å²) in [7, 11) is 0. The van der Waals surface area contributed by atoms with Crippen molar-refractivity contribution in [3.63, 3.8) is 0 Å². The summed E-state index contributed by atoms with van der Waals surface area (Å²) in [5.41, 5.74) is 7.02. The number of hydrogen-bond acceptors (Lipinski definition) is 6. The summed E-state index contributed by atoms with van der Waals surface area (Å²) in [5.74, 6) is -2.65. The third kappa shape index (κ3) is 6.20. The zero-order valence-electron chi connectivity index (χ0n) is 16.8. The van der Waals surface area contributed by atoms with Gasteiger partial charge >= 0.3 is 5.97 Å². The van der Waals surface area contributed by atoms with E-state index in [9.17, 15) is 19.2 Å². The fourth-order valence-electron chi connectivity index (χ4n) is 3.31. The minimum absolute atomic E-state index is 0.0158. The Morgan fingerprint density at radius 3 is 2.50 bits per heavy atom. The molecule has 0 aromatic heterocycles. The molecule has 1 aliphatic heterocycles. The van der Waals surface area contributed by atoms with Crippen LogP contribution in [0.2, 0.25) is 0 Å². The minimum Gasteiger partial charge on any atom is -0.480 e. The second-order valence-corrected chi connectivity index (χ2v) is 7.66. The molecule has 1 aliphatic rings. The maximum absolute atomic E-state index is 12.8. The van der Waals surface area contributed by atoms with Gasteiger partial charge in [0.15, 0.2) is 0 Å². The van der Waals surface area contributed by atoms with Gasteiger partial charge in [0.05, 0.1) is 6.04 Å². The van der Waals surface area contributed by atoms with Crippen LogP contribution in [0.5, 0.6) is 0 Å². The van der Waals surface area contributed by atoms with Crippen molar-refractivity contribution < 1.29 is 24.3 Å². The molecule has 0 aliphatic carbocycles. The molecule has 4 unspecified atom stereocenters. The Balaban J connectivity index is 1.99. The first kappa shape index (κ1) is 23.7. The number of carboxylic acid groups (broad SMARTS) is 1. The van der Waals surface area contributed by atoms with Crippen LogP contribution in [0.3, 0.4) is 0 Å². The number of likely N-dealkylation sites (tertiary alicyclic amines) is 1. The minimum atomic E-state index is -1.19. The van der Waals surface area contributed by atoms with E-state index in [1.54, 1.807) is 0 Å². The van der Waals surface area contributed by atoms with Gasteiger partial charge in [-0.2, -0.15) is 12.6 Å². The Bertz CT molecular complexity index is 776. The Labute approximate surface area is 180 Å². The van der Waals surface area contributed by atoms with Gasteiger partial charge in [0.1, 0.15) is 18.1 Å². The number of rotatable bonds is 9. The van der Waals surface area contributed by atoms with Crippen LogP contribution in [0.25, 0.3) is 0 Å². The molecule has 1 saturated heterocycles. The summed E-state index contributed by atoms with van der Waals surface area (Å²) in [5, 5.41) is 13.8. The van der Waals surface area contributed by atoms with Gasteiger partial charge in [-0.05, 0) is 31.7 Å². The highest BCUT2D eigenvalue weighted by Crippen LogP contribution is 2.19. The lowest BCUT2D eigenvalue weighted by atomic mass is 10.1. The van der Waals surface area contributed by atoms with E-state index < -0.39 is 42.0 Å². The maximum atomic E-state index is 12.8. The zero-order valence-corrected chi connectivity index (χ0v) is 17.7. The van der Waals surface area contributed by atoms with Crippen molar-refractivity contribution in [2.45, 2.75) is 50.4 Å². The Hall–Kier alpha value is -2.59. The molecule has 4 atom stereocenters. The van der Waals surface area contributed by atoms with Crippen LogP contribution in [0, 0.1) is 0 Å². The number of nitrogens with one attached hydrogen (secondary N) is 2. The average Bonchev–Trinajstić information content (AvgIpc) is 3.21. The van der Waals surface area contributed by atoms with Crippen LogP contribution in [0.15, 0.2) is 30.3 Å².